The number of carbonyl (C=O) groups is 2. The fourth-order valence-electron chi connectivity index (χ4n) is 6.48. The fourth-order valence-corrected chi connectivity index (χ4v) is 6.48. The number of Topliss-reactive ketones (excluding diaryl/α,β-unsaturated/α-hetero) is 1. The molecule has 0 spiro atoms. The highest BCUT2D eigenvalue weighted by atomic mass is 16.2. The quantitative estimate of drug-likeness (QED) is 0.626. The maximum atomic E-state index is 12.1. The van der Waals surface area contributed by atoms with Gasteiger partial charge in [-0.1, -0.05) is 32.4 Å². The molecule has 3 fully saturated rings. The molecule has 5 atom stereocenters. The van der Waals surface area contributed by atoms with Gasteiger partial charge in [0.1, 0.15) is 0 Å². The largest absolute Gasteiger partial charge is 0.290 e. The summed E-state index contributed by atoms with van der Waals surface area (Å²) in [6.07, 6.45) is 9.61. The van der Waals surface area contributed by atoms with E-state index in [-0.39, 0.29) is 17.0 Å². The molecule has 4 aliphatic rings. The molecule has 0 radical (unpaired) electrons. The Balaban J connectivity index is 1.78. The zero-order chi connectivity index (χ0) is 15.7. The van der Waals surface area contributed by atoms with E-state index in [9.17, 15) is 9.59 Å². The van der Waals surface area contributed by atoms with Crippen molar-refractivity contribution in [1.29, 1.82) is 0 Å². The number of ketones is 2. The molecule has 3 saturated carbocycles. The van der Waals surface area contributed by atoms with Crippen LogP contribution in [0.25, 0.3) is 0 Å². The van der Waals surface area contributed by atoms with E-state index in [0.717, 1.165) is 23.5 Å². The topological polar surface area (TPSA) is 34.1 Å². The SMILES string of the molecule is C=C1C[C@H]2[C@@H]3CCC[C@@]3(C)CC[C@@H]2[C@@]2(C)CC(=O)C(=O)C=C12. The highest BCUT2D eigenvalue weighted by molar-refractivity contribution is 6.42. The number of carbonyl (C=O) groups excluding carboxylic acids is 2. The normalized spacial score (nSPS) is 47.6. The Bertz CT molecular complexity index is 613. The summed E-state index contributed by atoms with van der Waals surface area (Å²) in [6.45, 7) is 9.00. The van der Waals surface area contributed by atoms with Crippen LogP contribution in [0.1, 0.15) is 58.8 Å². The number of rotatable bonds is 0. The minimum Gasteiger partial charge on any atom is -0.290 e. The van der Waals surface area contributed by atoms with Gasteiger partial charge in [-0.05, 0) is 66.9 Å². The molecule has 2 nitrogen and oxygen atoms in total. The second-order valence-corrected chi connectivity index (χ2v) is 8.71. The molecule has 0 aromatic rings. The number of hydrogen-bond donors (Lipinski definition) is 0. The summed E-state index contributed by atoms with van der Waals surface area (Å²) < 4.78 is 0. The first-order valence-corrected chi connectivity index (χ1v) is 8.83. The Hall–Kier alpha value is -1.18. The summed E-state index contributed by atoms with van der Waals surface area (Å²) in [5.41, 5.74) is 2.59. The van der Waals surface area contributed by atoms with Crippen molar-refractivity contribution < 1.29 is 9.59 Å². The lowest BCUT2D eigenvalue weighted by Crippen LogP contribution is -2.51. The zero-order valence-corrected chi connectivity index (χ0v) is 13.8. The summed E-state index contributed by atoms with van der Waals surface area (Å²) in [5, 5.41) is 0. The van der Waals surface area contributed by atoms with E-state index in [1.807, 2.05) is 0 Å². The van der Waals surface area contributed by atoms with E-state index in [4.69, 9.17) is 0 Å². The Labute approximate surface area is 133 Å². The molecule has 4 rings (SSSR count). The molecule has 0 saturated heterocycles. The highest BCUT2D eigenvalue weighted by Crippen LogP contribution is 2.65. The van der Waals surface area contributed by atoms with Crippen LogP contribution >= 0.6 is 0 Å². The lowest BCUT2D eigenvalue weighted by Gasteiger charge is -2.57. The monoisotopic (exact) mass is 298 g/mol. The van der Waals surface area contributed by atoms with Gasteiger partial charge in [-0.25, -0.2) is 0 Å². The molecule has 0 heterocycles. The van der Waals surface area contributed by atoms with Crippen molar-refractivity contribution in [3.63, 3.8) is 0 Å². The van der Waals surface area contributed by atoms with Crippen molar-refractivity contribution in [1.82, 2.24) is 0 Å². The summed E-state index contributed by atoms with van der Waals surface area (Å²) in [7, 11) is 0. The van der Waals surface area contributed by atoms with Crippen molar-refractivity contribution in [2.24, 2.45) is 28.6 Å². The Kier molecular flexibility index (Phi) is 2.90. The standard InChI is InChI=1S/C20H26O2/c1-12-9-13-14-5-4-7-19(14,2)8-6-15(13)20(3)11-18(22)17(21)10-16(12)20/h10,13-15H,1,4-9,11H2,2-3H3/t13-,14-,15-,19-,20+/m0/s1. The van der Waals surface area contributed by atoms with E-state index >= 15 is 0 Å². The summed E-state index contributed by atoms with van der Waals surface area (Å²) in [6, 6.07) is 0. The van der Waals surface area contributed by atoms with Gasteiger partial charge in [0.05, 0.1) is 0 Å². The van der Waals surface area contributed by atoms with Crippen LogP contribution in [0.4, 0.5) is 0 Å². The van der Waals surface area contributed by atoms with Gasteiger partial charge < -0.3 is 0 Å². The number of hydrogen-bond acceptors (Lipinski definition) is 2. The maximum Gasteiger partial charge on any atom is 0.221 e. The van der Waals surface area contributed by atoms with Gasteiger partial charge in [-0.3, -0.25) is 9.59 Å². The molecule has 0 bridgehead atoms. The Morgan fingerprint density at radius 2 is 1.91 bits per heavy atom. The summed E-state index contributed by atoms with van der Waals surface area (Å²) in [5.74, 6) is 1.50. The molecule has 0 aromatic heterocycles. The average Bonchev–Trinajstić information content (AvgIpc) is 2.84. The fraction of sp³-hybridized carbons (Fsp3) is 0.700. The van der Waals surface area contributed by atoms with Crippen LogP contribution in [0.2, 0.25) is 0 Å². The summed E-state index contributed by atoms with van der Waals surface area (Å²) in [4.78, 5) is 24.0. The van der Waals surface area contributed by atoms with E-state index in [1.54, 1.807) is 6.08 Å². The van der Waals surface area contributed by atoms with Gasteiger partial charge in [0.15, 0.2) is 0 Å². The average molecular weight is 298 g/mol. The van der Waals surface area contributed by atoms with Gasteiger partial charge >= 0.3 is 0 Å². The molecule has 0 aliphatic heterocycles. The predicted octanol–water partition coefficient (Wildman–Crippen LogP) is 4.25. The summed E-state index contributed by atoms with van der Waals surface area (Å²) >= 11 is 0. The predicted molar refractivity (Wildman–Crippen MR) is 86.2 cm³/mol. The first-order chi connectivity index (χ1) is 10.3. The van der Waals surface area contributed by atoms with Gasteiger partial charge in [-0.15, -0.1) is 0 Å². The van der Waals surface area contributed by atoms with E-state index < -0.39 is 0 Å². The van der Waals surface area contributed by atoms with Gasteiger partial charge in [0, 0.05) is 11.8 Å². The molecule has 22 heavy (non-hydrogen) atoms. The van der Waals surface area contributed by atoms with Crippen molar-refractivity contribution in [3.8, 4) is 0 Å². The minimum absolute atomic E-state index is 0.144. The van der Waals surface area contributed by atoms with Crippen molar-refractivity contribution in [2.45, 2.75) is 58.8 Å². The third kappa shape index (κ3) is 1.73. The zero-order valence-electron chi connectivity index (χ0n) is 13.8. The van der Waals surface area contributed by atoms with Crippen LogP contribution in [-0.2, 0) is 9.59 Å². The lowest BCUT2D eigenvalue weighted by molar-refractivity contribution is -0.137. The van der Waals surface area contributed by atoms with Gasteiger partial charge in [-0.2, -0.15) is 0 Å². The lowest BCUT2D eigenvalue weighted by atomic mass is 9.47. The van der Waals surface area contributed by atoms with Crippen LogP contribution < -0.4 is 0 Å². The Morgan fingerprint density at radius 1 is 1.14 bits per heavy atom. The van der Waals surface area contributed by atoms with Crippen molar-refractivity contribution in [3.05, 3.63) is 23.8 Å². The van der Waals surface area contributed by atoms with Gasteiger partial charge in [0.2, 0.25) is 11.6 Å². The molecular formula is C20H26O2. The number of fused-ring (bicyclic) bond motifs is 5. The van der Waals surface area contributed by atoms with Crippen LogP contribution in [0.15, 0.2) is 23.8 Å². The maximum absolute atomic E-state index is 12.1. The van der Waals surface area contributed by atoms with Crippen LogP contribution in [0.5, 0.6) is 0 Å². The molecule has 0 N–H and O–H groups in total. The highest BCUT2D eigenvalue weighted by Gasteiger charge is 2.57. The van der Waals surface area contributed by atoms with Crippen LogP contribution in [0.3, 0.4) is 0 Å². The molecule has 0 unspecified atom stereocenters. The van der Waals surface area contributed by atoms with Crippen LogP contribution in [0, 0.1) is 28.6 Å². The minimum atomic E-state index is -0.311. The second kappa shape index (κ2) is 4.43. The molecule has 118 valence electrons. The number of allylic oxidation sites excluding steroid dienone is 2. The smallest absolute Gasteiger partial charge is 0.221 e. The first-order valence-electron chi connectivity index (χ1n) is 8.83. The first kappa shape index (κ1) is 14.4. The molecular weight excluding hydrogens is 272 g/mol. The Morgan fingerprint density at radius 3 is 2.68 bits per heavy atom. The van der Waals surface area contributed by atoms with Crippen LogP contribution in [-0.4, -0.2) is 11.6 Å². The molecule has 0 aromatic carbocycles. The third-order valence-corrected chi connectivity index (χ3v) is 7.59. The molecule has 0 amide bonds. The van der Waals surface area contributed by atoms with E-state index in [1.165, 1.54) is 32.1 Å². The second-order valence-electron chi connectivity index (χ2n) is 8.71. The van der Waals surface area contributed by atoms with Crippen molar-refractivity contribution >= 4 is 11.6 Å². The van der Waals surface area contributed by atoms with Gasteiger partial charge in [0.25, 0.3) is 0 Å². The third-order valence-electron chi connectivity index (χ3n) is 7.59. The van der Waals surface area contributed by atoms with E-state index in [2.05, 4.69) is 20.4 Å². The van der Waals surface area contributed by atoms with Crippen molar-refractivity contribution in [2.75, 3.05) is 0 Å². The molecule has 2 heteroatoms. The molecule has 4 aliphatic carbocycles. The van der Waals surface area contributed by atoms with E-state index in [0.29, 0.717) is 23.7 Å².